The van der Waals surface area contributed by atoms with Crippen molar-refractivity contribution in [2.75, 3.05) is 17.2 Å². The second-order valence-electron chi connectivity index (χ2n) is 7.35. The molecule has 4 rings (SSSR count). The van der Waals surface area contributed by atoms with Gasteiger partial charge in [-0.15, -0.1) is 0 Å². The van der Waals surface area contributed by atoms with Gasteiger partial charge in [0, 0.05) is 24.6 Å². The Hall–Kier alpha value is -3.02. The lowest BCUT2D eigenvalue weighted by molar-refractivity contribution is 0.679. The van der Waals surface area contributed by atoms with Crippen molar-refractivity contribution in [3.8, 4) is 0 Å². The number of aromatic nitrogens is 4. The molecular weight excluding hydrogens is 348 g/mol. The molecule has 0 radical (unpaired) electrons. The van der Waals surface area contributed by atoms with Crippen LogP contribution in [-0.4, -0.2) is 26.5 Å². The van der Waals surface area contributed by atoms with Gasteiger partial charge in [0.25, 0.3) is 0 Å². The van der Waals surface area contributed by atoms with E-state index in [0.29, 0.717) is 22.9 Å². The van der Waals surface area contributed by atoms with Crippen molar-refractivity contribution in [2.24, 2.45) is 0 Å². The highest BCUT2D eigenvalue weighted by molar-refractivity contribution is 5.86. The molecule has 1 aliphatic rings. The highest BCUT2D eigenvalue weighted by Crippen LogP contribution is 2.25. The van der Waals surface area contributed by atoms with Gasteiger partial charge in [-0.05, 0) is 57.6 Å². The maximum atomic E-state index is 4.69. The maximum absolute atomic E-state index is 4.69. The molecule has 2 aromatic heterocycles. The molecule has 0 spiro atoms. The van der Waals surface area contributed by atoms with Gasteiger partial charge in [0.05, 0.1) is 0 Å². The molecule has 0 saturated carbocycles. The van der Waals surface area contributed by atoms with Crippen LogP contribution in [0.4, 0.5) is 17.5 Å². The zero-order valence-electron chi connectivity index (χ0n) is 16.5. The molecule has 144 valence electrons. The second-order valence-corrected chi connectivity index (χ2v) is 7.35. The summed E-state index contributed by atoms with van der Waals surface area (Å²) in [6.07, 6.45) is 11.8. The minimum absolute atomic E-state index is 0.580. The van der Waals surface area contributed by atoms with Crippen molar-refractivity contribution in [2.45, 2.75) is 46.0 Å². The molecular formula is C22H26N6. The van der Waals surface area contributed by atoms with Crippen LogP contribution in [-0.2, 0) is 0 Å². The molecule has 0 bridgehead atoms. The molecule has 2 heterocycles. The van der Waals surface area contributed by atoms with Crippen molar-refractivity contribution in [1.82, 2.24) is 19.9 Å². The number of rotatable bonds is 6. The number of hydrogen-bond acceptors (Lipinski definition) is 6. The van der Waals surface area contributed by atoms with Gasteiger partial charge in [-0.1, -0.05) is 29.3 Å². The number of aryl methyl sites for hydroxylation is 2. The first-order chi connectivity index (χ1) is 13.7. The van der Waals surface area contributed by atoms with Crippen molar-refractivity contribution in [3.63, 3.8) is 0 Å². The number of nitrogens with one attached hydrogen (secondary N) is 2. The normalized spacial score (nSPS) is 14.0. The predicted octanol–water partition coefficient (Wildman–Crippen LogP) is 5.08. The highest BCUT2D eigenvalue weighted by atomic mass is 15.2. The fourth-order valence-electron chi connectivity index (χ4n) is 3.58. The summed E-state index contributed by atoms with van der Waals surface area (Å²) in [6.45, 7) is 4.99. The Bertz CT molecular complexity index is 1010. The number of fused-ring (bicyclic) bond motifs is 1. The molecule has 0 amide bonds. The molecule has 0 aliphatic heterocycles. The van der Waals surface area contributed by atoms with E-state index in [4.69, 9.17) is 0 Å². The van der Waals surface area contributed by atoms with Crippen LogP contribution in [0.1, 0.15) is 43.2 Å². The van der Waals surface area contributed by atoms with Crippen LogP contribution in [0.15, 0.2) is 42.2 Å². The Morgan fingerprint density at radius 2 is 1.93 bits per heavy atom. The Morgan fingerprint density at radius 1 is 1.04 bits per heavy atom. The van der Waals surface area contributed by atoms with Crippen LogP contribution in [0.25, 0.3) is 11.2 Å². The van der Waals surface area contributed by atoms with E-state index in [-0.39, 0.29) is 0 Å². The van der Waals surface area contributed by atoms with Gasteiger partial charge in [-0.3, -0.25) is 0 Å². The van der Waals surface area contributed by atoms with E-state index >= 15 is 0 Å². The molecule has 1 aliphatic carbocycles. The molecule has 6 nitrogen and oxygen atoms in total. The quantitative estimate of drug-likeness (QED) is 0.586. The summed E-state index contributed by atoms with van der Waals surface area (Å²) in [5.41, 5.74) is 6.19. The number of hydrogen-bond donors (Lipinski definition) is 2. The number of anilines is 3. The second kappa shape index (κ2) is 8.33. The third-order valence-electron chi connectivity index (χ3n) is 5.08. The SMILES string of the molecule is Cc1ccc(Nc2nc(NCCC3=CCCCC3)nc3nccnc23)c(C)c1. The minimum Gasteiger partial charge on any atom is -0.354 e. The Labute approximate surface area is 165 Å². The third-order valence-corrected chi connectivity index (χ3v) is 5.08. The summed E-state index contributed by atoms with van der Waals surface area (Å²) in [6, 6.07) is 6.30. The molecule has 2 N–H and O–H groups in total. The van der Waals surface area contributed by atoms with Gasteiger partial charge in [0.2, 0.25) is 5.95 Å². The number of allylic oxidation sites excluding steroid dienone is 1. The molecule has 0 saturated heterocycles. The summed E-state index contributed by atoms with van der Waals surface area (Å²) < 4.78 is 0. The first-order valence-corrected chi connectivity index (χ1v) is 9.94. The van der Waals surface area contributed by atoms with Crippen LogP contribution in [0.5, 0.6) is 0 Å². The summed E-state index contributed by atoms with van der Waals surface area (Å²) in [4.78, 5) is 18.0. The van der Waals surface area contributed by atoms with E-state index in [1.54, 1.807) is 12.4 Å². The topological polar surface area (TPSA) is 75.6 Å². The van der Waals surface area contributed by atoms with Gasteiger partial charge in [0.1, 0.15) is 0 Å². The van der Waals surface area contributed by atoms with Crippen LogP contribution in [0, 0.1) is 13.8 Å². The van der Waals surface area contributed by atoms with Gasteiger partial charge in [0.15, 0.2) is 17.0 Å². The predicted molar refractivity (Wildman–Crippen MR) is 114 cm³/mol. The lowest BCUT2D eigenvalue weighted by Crippen LogP contribution is -2.10. The van der Waals surface area contributed by atoms with E-state index in [1.807, 2.05) is 0 Å². The van der Waals surface area contributed by atoms with Crippen LogP contribution in [0.3, 0.4) is 0 Å². The fraction of sp³-hybridized carbons (Fsp3) is 0.364. The minimum atomic E-state index is 0.580. The molecule has 6 heteroatoms. The average molecular weight is 374 g/mol. The van der Waals surface area contributed by atoms with E-state index in [9.17, 15) is 0 Å². The van der Waals surface area contributed by atoms with Crippen molar-refractivity contribution < 1.29 is 0 Å². The summed E-state index contributed by atoms with van der Waals surface area (Å²) in [5, 5.41) is 6.78. The fourth-order valence-corrected chi connectivity index (χ4v) is 3.58. The smallest absolute Gasteiger partial charge is 0.226 e. The Kier molecular flexibility index (Phi) is 5.46. The molecule has 0 fully saturated rings. The lowest BCUT2D eigenvalue weighted by atomic mass is 9.97. The van der Waals surface area contributed by atoms with E-state index in [0.717, 1.165) is 24.2 Å². The molecule has 0 unspecified atom stereocenters. The largest absolute Gasteiger partial charge is 0.354 e. The van der Waals surface area contributed by atoms with Gasteiger partial charge >= 0.3 is 0 Å². The Balaban J connectivity index is 1.57. The maximum Gasteiger partial charge on any atom is 0.226 e. The van der Waals surface area contributed by atoms with E-state index in [2.05, 4.69) is 68.7 Å². The van der Waals surface area contributed by atoms with E-state index in [1.165, 1.54) is 36.8 Å². The summed E-state index contributed by atoms with van der Waals surface area (Å²) in [7, 11) is 0. The van der Waals surface area contributed by atoms with Gasteiger partial charge in [-0.2, -0.15) is 9.97 Å². The van der Waals surface area contributed by atoms with E-state index < -0.39 is 0 Å². The van der Waals surface area contributed by atoms with Crippen LogP contribution in [0.2, 0.25) is 0 Å². The van der Waals surface area contributed by atoms with Crippen molar-refractivity contribution >= 4 is 28.6 Å². The average Bonchev–Trinajstić information content (AvgIpc) is 2.71. The van der Waals surface area contributed by atoms with Gasteiger partial charge in [-0.25, -0.2) is 9.97 Å². The lowest BCUT2D eigenvalue weighted by Gasteiger charge is -2.14. The van der Waals surface area contributed by atoms with Crippen LogP contribution >= 0.6 is 0 Å². The number of benzene rings is 1. The zero-order chi connectivity index (χ0) is 19.3. The van der Waals surface area contributed by atoms with Crippen molar-refractivity contribution in [1.29, 1.82) is 0 Å². The third kappa shape index (κ3) is 4.27. The first-order valence-electron chi connectivity index (χ1n) is 9.94. The summed E-state index contributed by atoms with van der Waals surface area (Å²) in [5.74, 6) is 1.25. The number of nitrogens with zero attached hydrogens (tertiary/aromatic N) is 4. The molecule has 28 heavy (non-hydrogen) atoms. The molecule has 0 atom stereocenters. The molecule has 3 aromatic rings. The highest BCUT2D eigenvalue weighted by Gasteiger charge is 2.11. The standard InChI is InChI=1S/C22H26N6/c1-15-8-9-18(16(2)14-15)26-21-19-20(24-13-12-23-19)27-22(28-21)25-11-10-17-6-4-3-5-7-17/h6,8-9,12-14H,3-5,7,10-11H2,1-2H3,(H2,24,25,26,27,28). The Morgan fingerprint density at radius 3 is 2.75 bits per heavy atom. The summed E-state index contributed by atoms with van der Waals surface area (Å²) >= 11 is 0. The monoisotopic (exact) mass is 374 g/mol. The first kappa shape index (κ1) is 18.3. The molecule has 1 aromatic carbocycles. The van der Waals surface area contributed by atoms with Gasteiger partial charge < -0.3 is 10.6 Å². The van der Waals surface area contributed by atoms with Crippen LogP contribution < -0.4 is 10.6 Å². The zero-order valence-corrected chi connectivity index (χ0v) is 16.5. The van der Waals surface area contributed by atoms with Crippen molar-refractivity contribution in [3.05, 3.63) is 53.4 Å².